The van der Waals surface area contributed by atoms with E-state index < -0.39 is 23.8 Å². The number of rotatable bonds is 31. The number of hydrogen-bond acceptors (Lipinski definition) is 12. The van der Waals surface area contributed by atoms with Crippen LogP contribution in [0, 0.1) is 24.7 Å². The van der Waals surface area contributed by atoms with Gasteiger partial charge in [-0.1, -0.05) is 137 Å². The van der Waals surface area contributed by atoms with Crippen molar-refractivity contribution in [3.8, 4) is 23.0 Å². The molecule has 13 nitrogen and oxygen atoms in total. The molecule has 2 aliphatic carbocycles. The SMILES string of the molecule is C=CCOC12Oc3ccc(OCc4cccc(C)n4)cc3C3C(CCCCO)C(CCCCO)C=C(C(=NOCc4ccccc4)CC1N(Cc1ccc4c(c1)OCO4)C(=O)OCCCCCCCCCCCC)C32. The number of pyridine rings is 1. The van der Waals surface area contributed by atoms with Crippen LogP contribution < -0.4 is 18.9 Å². The molecule has 75 heavy (non-hydrogen) atoms. The Balaban J connectivity index is 1.23. The summed E-state index contributed by atoms with van der Waals surface area (Å²) < 4.78 is 39.3. The Morgan fingerprint density at radius 3 is 2.32 bits per heavy atom. The molecule has 6 atom stereocenters. The summed E-state index contributed by atoms with van der Waals surface area (Å²) >= 11 is 0. The second-order valence-corrected chi connectivity index (χ2v) is 20.7. The van der Waals surface area contributed by atoms with E-state index in [1.807, 2.05) is 85.8 Å². The second kappa shape index (κ2) is 28.3. The fraction of sp³-hybridized carbons (Fsp3) is 0.532. The lowest BCUT2D eigenvalue weighted by molar-refractivity contribution is -0.256. The van der Waals surface area contributed by atoms with Crippen molar-refractivity contribution in [1.29, 1.82) is 0 Å². The van der Waals surface area contributed by atoms with Crippen molar-refractivity contribution in [3.63, 3.8) is 0 Å². The van der Waals surface area contributed by atoms with E-state index in [1.54, 1.807) is 11.0 Å². The molecule has 8 rings (SSSR count). The first kappa shape index (κ1) is 55.3. The van der Waals surface area contributed by atoms with Crippen LogP contribution in [-0.2, 0) is 34.1 Å². The monoisotopic (exact) mass is 1030 g/mol. The van der Waals surface area contributed by atoms with Gasteiger partial charge in [0.15, 0.2) is 11.5 Å². The topological polar surface area (TPSA) is 151 Å². The lowest BCUT2D eigenvalue weighted by Gasteiger charge is -2.59. The second-order valence-electron chi connectivity index (χ2n) is 20.7. The van der Waals surface area contributed by atoms with Crippen LogP contribution in [0.25, 0.3) is 0 Å². The molecule has 1 amide bonds. The van der Waals surface area contributed by atoms with Gasteiger partial charge in [-0.05, 0) is 110 Å². The van der Waals surface area contributed by atoms with Crippen molar-refractivity contribution in [2.45, 2.75) is 161 Å². The number of oxime groups is 1. The maximum Gasteiger partial charge on any atom is 0.410 e. The van der Waals surface area contributed by atoms with Gasteiger partial charge < -0.3 is 43.5 Å². The number of amides is 1. The van der Waals surface area contributed by atoms with Crippen LogP contribution in [0.5, 0.6) is 23.0 Å². The van der Waals surface area contributed by atoms with E-state index in [0.717, 1.165) is 78.6 Å². The van der Waals surface area contributed by atoms with Gasteiger partial charge >= 0.3 is 6.09 Å². The van der Waals surface area contributed by atoms with Crippen LogP contribution in [0.3, 0.4) is 0 Å². The molecule has 1 aromatic heterocycles. The molecule has 0 bridgehead atoms. The number of benzene rings is 3. The molecule has 1 fully saturated rings. The minimum absolute atomic E-state index is 0.0304. The third kappa shape index (κ3) is 14.3. The van der Waals surface area contributed by atoms with E-state index in [2.05, 4.69) is 25.6 Å². The average Bonchev–Trinajstić information content (AvgIpc) is 3.91. The number of aryl methyl sites for hydroxylation is 1. The number of aliphatic hydroxyl groups excluding tert-OH is 2. The number of carbonyl (C=O) groups is 1. The molecule has 0 saturated heterocycles. The first-order valence-electron chi connectivity index (χ1n) is 28.0. The number of aliphatic hydroxyl groups is 2. The number of nitrogens with zero attached hydrogens (tertiary/aromatic N) is 3. The van der Waals surface area contributed by atoms with Crippen LogP contribution in [0.1, 0.15) is 150 Å². The number of hydrogen-bond donors (Lipinski definition) is 2. The van der Waals surface area contributed by atoms with E-state index in [9.17, 15) is 10.2 Å². The van der Waals surface area contributed by atoms with Crippen molar-refractivity contribution in [2.24, 2.45) is 22.9 Å². The highest BCUT2D eigenvalue weighted by Gasteiger charge is 2.66. The maximum atomic E-state index is 15.3. The highest BCUT2D eigenvalue weighted by Crippen LogP contribution is 2.62. The van der Waals surface area contributed by atoms with Gasteiger partial charge in [-0.15, -0.1) is 6.58 Å². The van der Waals surface area contributed by atoms with Gasteiger partial charge in [0.25, 0.3) is 0 Å². The largest absolute Gasteiger partial charge is 0.487 e. The lowest BCUT2D eigenvalue weighted by Crippen LogP contribution is -2.70. The van der Waals surface area contributed by atoms with Crippen LogP contribution in [-0.4, -0.2) is 77.0 Å². The Hall–Kier alpha value is -5.89. The maximum absolute atomic E-state index is 15.3. The molecule has 3 heterocycles. The van der Waals surface area contributed by atoms with Crippen molar-refractivity contribution >= 4 is 11.8 Å². The fourth-order valence-electron chi connectivity index (χ4n) is 11.7. The van der Waals surface area contributed by atoms with Gasteiger partial charge in [0.2, 0.25) is 12.6 Å². The Labute approximate surface area is 445 Å². The highest BCUT2D eigenvalue weighted by atomic mass is 16.7. The van der Waals surface area contributed by atoms with Crippen molar-refractivity contribution in [2.75, 3.05) is 33.2 Å². The molecular weight excluding hydrogens is 947 g/mol. The third-order valence-corrected chi connectivity index (χ3v) is 15.4. The Morgan fingerprint density at radius 2 is 1.56 bits per heavy atom. The van der Waals surface area contributed by atoms with Crippen molar-refractivity contribution in [1.82, 2.24) is 9.88 Å². The summed E-state index contributed by atoms with van der Waals surface area (Å²) in [6, 6.07) is 26.9. The van der Waals surface area contributed by atoms with Gasteiger partial charge in [0.1, 0.15) is 30.8 Å². The van der Waals surface area contributed by atoms with Gasteiger partial charge in [-0.2, -0.15) is 0 Å². The highest BCUT2D eigenvalue weighted by molar-refractivity contribution is 6.03. The molecule has 1 saturated carbocycles. The number of allylic oxidation sites excluding steroid dienone is 1. The quantitative estimate of drug-likeness (QED) is 0.0282. The average molecular weight is 1030 g/mol. The molecule has 6 unspecified atom stereocenters. The molecule has 13 heteroatoms. The standard InChI is InChI=1S/C62H81N3O10/c1-4-6-7-8-9-10-11-12-13-21-36-69-61(68)65(41-47-29-31-56-57(37-47)72-44-71-56)58-40-54(64-74-42-46-24-15-14-16-25-46)52-38-48(26-17-19-33-66)51(28-18-20-34-67)59-53-39-50(70-43-49-27-22-23-45(3)63-49)30-32-55(53)75-62(58,60(52)59)73-35-5-2/h5,14-16,22-25,27,29-32,37-39,48,51,58-60,66-67H,2,4,6-13,17-21,26,28,33-36,40-44H2,1,3H3. The molecule has 2 aliphatic heterocycles. The number of aromatic nitrogens is 1. The van der Waals surface area contributed by atoms with Crippen LogP contribution in [0.2, 0.25) is 0 Å². The summed E-state index contributed by atoms with van der Waals surface area (Å²) in [7, 11) is 0. The molecule has 4 aliphatic rings. The zero-order chi connectivity index (χ0) is 52.2. The smallest absolute Gasteiger partial charge is 0.410 e. The van der Waals surface area contributed by atoms with Gasteiger partial charge in [0.05, 0.1) is 30.5 Å². The van der Waals surface area contributed by atoms with E-state index in [0.29, 0.717) is 41.6 Å². The van der Waals surface area contributed by atoms with E-state index >= 15 is 4.79 Å². The Morgan fingerprint density at radius 1 is 0.813 bits per heavy atom. The number of ether oxygens (including phenoxy) is 6. The minimum atomic E-state index is -1.48. The summed E-state index contributed by atoms with van der Waals surface area (Å²) in [5.41, 5.74) is 6.15. The molecule has 0 radical (unpaired) electrons. The van der Waals surface area contributed by atoms with E-state index in [1.165, 1.54) is 44.9 Å². The molecule has 0 spiro atoms. The molecule has 2 N–H and O–H groups in total. The summed E-state index contributed by atoms with van der Waals surface area (Å²) in [5, 5.41) is 25.3. The lowest BCUT2D eigenvalue weighted by atomic mass is 9.55. The van der Waals surface area contributed by atoms with Crippen LogP contribution in [0.4, 0.5) is 4.79 Å². The molecule has 404 valence electrons. The fourth-order valence-corrected chi connectivity index (χ4v) is 11.7. The van der Waals surface area contributed by atoms with Gasteiger partial charge in [-0.3, -0.25) is 9.88 Å². The molecule has 3 aromatic carbocycles. The van der Waals surface area contributed by atoms with Crippen LogP contribution in [0.15, 0.2) is 114 Å². The zero-order valence-corrected chi connectivity index (χ0v) is 44.5. The third-order valence-electron chi connectivity index (χ3n) is 15.4. The predicted octanol–water partition coefficient (Wildman–Crippen LogP) is 13.1. The normalized spacial score (nSPS) is 21.6. The van der Waals surface area contributed by atoms with Crippen molar-refractivity contribution in [3.05, 3.63) is 137 Å². The number of fused-ring (bicyclic) bond motifs is 3. The van der Waals surface area contributed by atoms with Crippen molar-refractivity contribution < 1.29 is 48.3 Å². The zero-order valence-electron chi connectivity index (χ0n) is 44.5. The van der Waals surface area contributed by atoms with Crippen LogP contribution >= 0.6 is 0 Å². The van der Waals surface area contributed by atoms with E-state index in [-0.39, 0.29) is 77.2 Å². The summed E-state index contributed by atoms with van der Waals surface area (Å²) in [6.45, 7) is 9.72. The summed E-state index contributed by atoms with van der Waals surface area (Å²) in [4.78, 5) is 28.1. The predicted molar refractivity (Wildman–Crippen MR) is 291 cm³/mol. The minimum Gasteiger partial charge on any atom is -0.487 e. The Bertz CT molecular complexity index is 2500. The Kier molecular flexibility index (Phi) is 20.9. The number of unbranched alkanes of at least 4 members (excludes halogenated alkanes) is 11. The van der Waals surface area contributed by atoms with Gasteiger partial charge in [-0.25, -0.2) is 4.79 Å². The number of carbonyl (C=O) groups excluding carboxylic acids is 1. The summed E-state index contributed by atoms with van der Waals surface area (Å²) in [6.07, 6.45) is 20.0. The van der Waals surface area contributed by atoms with Gasteiger partial charge in [0, 0.05) is 43.4 Å². The first-order valence-corrected chi connectivity index (χ1v) is 28.0. The molecular formula is C62H81N3O10. The first-order chi connectivity index (χ1) is 36.8. The summed E-state index contributed by atoms with van der Waals surface area (Å²) in [5.74, 6) is 0.415. The van der Waals surface area contributed by atoms with E-state index in [4.69, 9.17) is 43.4 Å². The molecule has 4 aromatic rings.